The number of anilines is 1. The van der Waals surface area contributed by atoms with Gasteiger partial charge >= 0.3 is 0 Å². The highest BCUT2D eigenvalue weighted by Gasteiger charge is 2.05. The number of nitrogens with zero attached hydrogens (tertiary/aromatic N) is 1. The third-order valence-corrected chi connectivity index (χ3v) is 3.24. The summed E-state index contributed by atoms with van der Waals surface area (Å²) in [6.07, 6.45) is 0. The lowest BCUT2D eigenvalue weighted by atomic mass is 10.1. The van der Waals surface area contributed by atoms with E-state index < -0.39 is 0 Å². The Morgan fingerprint density at radius 1 is 1.05 bits per heavy atom. The summed E-state index contributed by atoms with van der Waals surface area (Å²) in [5.41, 5.74) is 8.54. The minimum Gasteiger partial charge on any atom is -0.367 e. The van der Waals surface area contributed by atoms with Gasteiger partial charge in [0.15, 0.2) is 0 Å². The SMILES string of the molecule is CCN(Cc1ccc(C#CCN)cc1)c1ccc(F)cc1. The predicted molar refractivity (Wildman–Crippen MR) is 85.5 cm³/mol. The van der Waals surface area contributed by atoms with Gasteiger partial charge in [-0.3, -0.25) is 0 Å². The van der Waals surface area contributed by atoms with Crippen LogP contribution in [0.25, 0.3) is 0 Å². The van der Waals surface area contributed by atoms with E-state index in [1.165, 1.54) is 17.7 Å². The van der Waals surface area contributed by atoms with Crippen LogP contribution in [-0.2, 0) is 6.54 Å². The summed E-state index contributed by atoms with van der Waals surface area (Å²) >= 11 is 0. The summed E-state index contributed by atoms with van der Waals surface area (Å²) in [6, 6.07) is 14.7. The van der Waals surface area contributed by atoms with Crippen molar-refractivity contribution < 1.29 is 4.39 Å². The molecule has 2 aromatic rings. The van der Waals surface area contributed by atoms with E-state index in [1.807, 2.05) is 12.1 Å². The Balaban J connectivity index is 2.09. The molecule has 2 N–H and O–H groups in total. The van der Waals surface area contributed by atoms with Crippen molar-refractivity contribution in [2.24, 2.45) is 5.73 Å². The van der Waals surface area contributed by atoms with Gasteiger partial charge in [-0.15, -0.1) is 0 Å². The summed E-state index contributed by atoms with van der Waals surface area (Å²) in [7, 11) is 0. The highest BCUT2D eigenvalue weighted by atomic mass is 19.1. The van der Waals surface area contributed by atoms with Gasteiger partial charge in [0, 0.05) is 24.3 Å². The van der Waals surface area contributed by atoms with Crippen molar-refractivity contribution in [1.82, 2.24) is 0 Å². The van der Waals surface area contributed by atoms with Gasteiger partial charge in [0.25, 0.3) is 0 Å². The van der Waals surface area contributed by atoms with E-state index >= 15 is 0 Å². The first-order chi connectivity index (χ1) is 10.2. The Labute approximate surface area is 125 Å². The lowest BCUT2D eigenvalue weighted by Gasteiger charge is -2.23. The van der Waals surface area contributed by atoms with Crippen molar-refractivity contribution >= 4 is 5.69 Å². The highest BCUT2D eigenvalue weighted by Crippen LogP contribution is 2.17. The molecular formula is C18H19FN2. The lowest BCUT2D eigenvalue weighted by molar-refractivity contribution is 0.627. The van der Waals surface area contributed by atoms with Crippen LogP contribution in [0.3, 0.4) is 0 Å². The molecule has 3 heteroatoms. The van der Waals surface area contributed by atoms with Crippen LogP contribution in [0.2, 0.25) is 0 Å². The van der Waals surface area contributed by atoms with Crippen LogP contribution >= 0.6 is 0 Å². The van der Waals surface area contributed by atoms with E-state index in [4.69, 9.17) is 5.73 Å². The molecule has 2 nitrogen and oxygen atoms in total. The molecule has 0 saturated carbocycles. The van der Waals surface area contributed by atoms with Crippen molar-refractivity contribution in [2.75, 3.05) is 18.0 Å². The van der Waals surface area contributed by atoms with Crippen molar-refractivity contribution in [1.29, 1.82) is 0 Å². The second kappa shape index (κ2) is 7.47. The van der Waals surface area contributed by atoms with Crippen molar-refractivity contribution in [3.05, 3.63) is 65.5 Å². The van der Waals surface area contributed by atoms with E-state index in [9.17, 15) is 4.39 Å². The van der Waals surface area contributed by atoms with E-state index in [2.05, 4.69) is 35.8 Å². The monoisotopic (exact) mass is 282 g/mol. The zero-order chi connectivity index (χ0) is 15.1. The Hall–Kier alpha value is -2.31. The summed E-state index contributed by atoms with van der Waals surface area (Å²) in [4.78, 5) is 2.19. The van der Waals surface area contributed by atoms with Crippen molar-refractivity contribution in [3.8, 4) is 11.8 Å². The van der Waals surface area contributed by atoms with Gasteiger partial charge in [0.1, 0.15) is 5.82 Å². The summed E-state index contributed by atoms with van der Waals surface area (Å²) in [5, 5.41) is 0. The third kappa shape index (κ3) is 4.34. The van der Waals surface area contributed by atoms with Crippen molar-refractivity contribution in [2.45, 2.75) is 13.5 Å². The van der Waals surface area contributed by atoms with Gasteiger partial charge in [-0.2, -0.15) is 0 Å². The molecule has 2 rings (SSSR count). The molecule has 0 bridgehead atoms. The minimum absolute atomic E-state index is 0.211. The Bertz CT molecular complexity index is 621. The molecule has 0 aliphatic carbocycles. The highest BCUT2D eigenvalue weighted by molar-refractivity contribution is 5.47. The molecule has 0 saturated heterocycles. The maximum atomic E-state index is 13.0. The second-order valence-corrected chi connectivity index (χ2v) is 4.69. The van der Waals surface area contributed by atoms with E-state index in [0.717, 1.165) is 24.3 Å². The van der Waals surface area contributed by atoms with Gasteiger partial charge in [-0.1, -0.05) is 24.0 Å². The molecule has 2 aromatic carbocycles. The van der Waals surface area contributed by atoms with E-state index in [0.29, 0.717) is 6.54 Å². The third-order valence-electron chi connectivity index (χ3n) is 3.24. The molecule has 0 aromatic heterocycles. The summed E-state index contributed by atoms with van der Waals surface area (Å²) in [5.74, 6) is 5.63. The Morgan fingerprint density at radius 2 is 1.71 bits per heavy atom. The topological polar surface area (TPSA) is 29.3 Å². The van der Waals surface area contributed by atoms with Gasteiger partial charge in [0.05, 0.1) is 6.54 Å². The fourth-order valence-electron chi connectivity index (χ4n) is 2.10. The zero-order valence-electron chi connectivity index (χ0n) is 12.1. The zero-order valence-corrected chi connectivity index (χ0v) is 12.1. The average Bonchev–Trinajstić information content (AvgIpc) is 2.53. The normalized spacial score (nSPS) is 9.86. The largest absolute Gasteiger partial charge is 0.367 e. The first kappa shape index (κ1) is 15.1. The number of benzene rings is 2. The molecular weight excluding hydrogens is 263 g/mol. The number of hydrogen-bond donors (Lipinski definition) is 1. The first-order valence-electron chi connectivity index (χ1n) is 7.01. The van der Waals surface area contributed by atoms with Crippen LogP contribution < -0.4 is 10.6 Å². The first-order valence-corrected chi connectivity index (χ1v) is 7.01. The smallest absolute Gasteiger partial charge is 0.123 e. The minimum atomic E-state index is -0.211. The maximum Gasteiger partial charge on any atom is 0.123 e. The van der Waals surface area contributed by atoms with Crippen LogP contribution in [0.5, 0.6) is 0 Å². The molecule has 0 atom stereocenters. The van der Waals surface area contributed by atoms with E-state index in [1.54, 1.807) is 12.1 Å². The molecule has 0 aliphatic heterocycles. The lowest BCUT2D eigenvalue weighted by Crippen LogP contribution is -2.21. The quantitative estimate of drug-likeness (QED) is 0.873. The second-order valence-electron chi connectivity index (χ2n) is 4.69. The average molecular weight is 282 g/mol. The number of halogens is 1. The molecule has 0 heterocycles. The Morgan fingerprint density at radius 3 is 2.29 bits per heavy atom. The number of hydrogen-bond acceptors (Lipinski definition) is 2. The van der Waals surface area contributed by atoms with Gasteiger partial charge < -0.3 is 10.6 Å². The van der Waals surface area contributed by atoms with Crippen molar-refractivity contribution in [3.63, 3.8) is 0 Å². The van der Waals surface area contributed by atoms with Crippen LogP contribution in [0, 0.1) is 17.7 Å². The fraction of sp³-hybridized carbons (Fsp3) is 0.222. The number of rotatable bonds is 4. The molecule has 0 spiro atoms. The molecule has 0 fully saturated rings. The van der Waals surface area contributed by atoms with Crippen LogP contribution in [0.15, 0.2) is 48.5 Å². The van der Waals surface area contributed by atoms with Crippen LogP contribution in [0.4, 0.5) is 10.1 Å². The maximum absolute atomic E-state index is 13.0. The van der Waals surface area contributed by atoms with Gasteiger partial charge in [0.2, 0.25) is 0 Å². The van der Waals surface area contributed by atoms with Crippen LogP contribution in [-0.4, -0.2) is 13.1 Å². The fourth-order valence-corrected chi connectivity index (χ4v) is 2.10. The number of nitrogens with two attached hydrogens (primary N) is 1. The summed E-state index contributed by atoms with van der Waals surface area (Å²) in [6.45, 7) is 4.10. The molecule has 0 aliphatic rings. The predicted octanol–water partition coefficient (Wildman–Crippen LogP) is 3.16. The molecule has 108 valence electrons. The molecule has 0 amide bonds. The molecule has 0 unspecified atom stereocenters. The van der Waals surface area contributed by atoms with Gasteiger partial charge in [-0.25, -0.2) is 4.39 Å². The van der Waals surface area contributed by atoms with Crippen LogP contribution in [0.1, 0.15) is 18.1 Å². The van der Waals surface area contributed by atoms with E-state index in [-0.39, 0.29) is 5.82 Å². The summed E-state index contributed by atoms with van der Waals surface area (Å²) < 4.78 is 13.0. The Kier molecular flexibility index (Phi) is 5.36. The molecule has 21 heavy (non-hydrogen) atoms. The molecule has 0 radical (unpaired) electrons. The standard InChI is InChI=1S/C18H19FN2/c1-2-21(18-11-9-17(19)10-12-18)14-16-7-5-15(6-8-16)4-3-13-20/h5-12H,2,13-14,20H2,1H3. The van der Waals surface area contributed by atoms with Gasteiger partial charge in [-0.05, 0) is 48.9 Å².